The molecule has 106 valence electrons. The quantitative estimate of drug-likeness (QED) is 0.864. The molecular weight excluding hydrogens is 262 g/mol. The lowest BCUT2D eigenvalue weighted by molar-refractivity contribution is 0.352. The molecule has 0 spiro atoms. The Balaban J connectivity index is 2.18. The second-order valence-electron chi connectivity index (χ2n) is 5.53. The molecule has 1 heterocycles. The molecule has 1 aliphatic carbocycles. The highest BCUT2D eigenvalue weighted by molar-refractivity contribution is 6.18. The fourth-order valence-corrected chi connectivity index (χ4v) is 3.06. The predicted molar refractivity (Wildman–Crippen MR) is 79.0 cm³/mol. The van der Waals surface area contributed by atoms with Gasteiger partial charge in [0.15, 0.2) is 5.82 Å². The molecule has 0 aromatic carbocycles. The van der Waals surface area contributed by atoms with E-state index in [1.54, 1.807) is 17.0 Å². The van der Waals surface area contributed by atoms with Crippen molar-refractivity contribution in [1.29, 1.82) is 0 Å². The Labute approximate surface area is 119 Å². The zero-order chi connectivity index (χ0) is 13.8. The molecule has 0 amide bonds. The van der Waals surface area contributed by atoms with Crippen molar-refractivity contribution in [3.05, 3.63) is 22.7 Å². The summed E-state index contributed by atoms with van der Waals surface area (Å²) in [5.74, 6) is 1.53. The average molecular weight is 284 g/mol. The highest BCUT2D eigenvalue weighted by Gasteiger charge is 2.25. The molecule has 0 saturated heterocycles. The second kappa shape index (κ2) is 6.42. The molecule has 0 aliphatic heterocycles. The van der Waals surface area contributed by atoms with Crippen LogP contribution in [-0.4, -0.2) is 21.5 Å². The van der Waals surface area contributed by atoms with Crippen LogP contribution in [0.3, 0.4) is 0 Å². The van der Waals surface area contributed by atoms with Crippen molar-refractivity contribution < 1.29 is 0 Å². The smallest absolute Gasteiger partial charge is 0.293 e. The van der Waals surface area contributed by atoms with Gasteiger partial charge in [-0.05, 0) is 32.6 Å². The molecule has 1 aromatic heterocycles. The minimum atomic E-state index is -0.0450. The lowest BCUT2D eigenvalue weighted by Crippen LogP contribution is -2.37. The minimum Gasteiger partial charge on any atom is -0.362 e. The van der Waals surface area contributed by atoms with Gasteiger partial charge < -0.3 is 9.88 Å². The number of halogens is 1. The molecule has 5 heteroatoms. The van der Waals surface area contributed by atoms with E-state index in [1.165, 1.54) is 12.8 Å². The van der Waals surface area contributed by atoms with Crippen molar-refractivity contribution in [3.8, 4) is 0 Å². The van der Waals surface area contributed by atoms with Crippen LogP contribution in [0.15, 0.2) is 17.2 Å². The molecular formula is C14H22ClN3O. The molecule has 0 bridgehead atoms. The molecule has 19 heavy (non-hydrogen) atoms. The van der Waals surface area contributed by atoms with Crippen molar-refractivity contribution in [1.82, 2.24) is 9.55 Å². The molecule has 1 aliphatic rings. The van der Waals surface area contributed by atoms with Crippen molar-refractivity contribution in [2.75, 3.05) is 11.2 Å². The van der Waals surface area contributed by atoms with E-state index in [0.717, 1.165) is 12.8 Å². The van der Waals surface area contributed by atoms with Crippen LogP contribution in [0.2, 0.25) is 0 Å². The SMILES string of the molecule is CC(C)n1ccnc(NC2CCCCC2CCl)c1=O. The highest BCUT2D eigenvalue weighted by Crippen LogP contribution is 2.27. The summed E-state index contributed by atoms with van der Waals surface area (Å²) in [5.41, 5.74) is -0.0450. The van der Waals surface area contributed by atoms with Crippen molar-refractivity contribution in [3.63, 3.8) is 0 Å². The number of hydrogen-bond acceptors (Lipinski definition) is 3. The van der Waals surface area contributed by atoms with E-state index in [9.17, 15) is 4.79 Å². The standard InChI is InChI=1S/C14H22ClN3O/c1-10(2)18-8-7-16-13(14(18)19)17-12-6-4-3-5-11(12)9-15/h7-8,10-12H,3-6,9H2,1-2H3,(H,16,17). The highest BCUT2D eigenvalue weighted by atomic mass is 35.5. The van der Waals surface area contributed by atoms with Crippen LogP contribution >= 0.6 is 11.6 Å². The summed E-state index contributed by atoms with van der Waals surface area (Å²) in [7, 11) is 0. The third kappa shape index (κ3) is 3.30. The molecule has 4 nitrogen and oxygen atoms in total. The molecule has 1 aromatic rings. The van der Waals surface area contributed by atoms with Gasteiger partial charge >= 0.3 is 0 Å². The molecule has 2 rings (SSSR count). The number of nitrogens with one attached hydrogen (secondary N) is 1. The summed E-state index contributed by atoms with van der Waals surface area (Å²) in [5, 5.41) is 3.32. The number of aromatic nitrogens is 2. The van der Waals surface area contributed by atoms with Crippen LogP contribution in [0.4, 0.5) is 5.82 Å². The lowest BCUT2D eigenvalue weighted by atomic mass is 9.86. The minimum absolute atomic E-state index is 0.0450. The Hall–Kier alpha value is -1.03. The first-order valence-electron chi connectivity index (χ1n) is 7.03. The van der Waals surface area contributed by atoms with E-state index >= 15 is 0 Å². The van der Waals surface area contributed by atoms with Gasteiger partial charge in [0.2, 0.25) is 0 Å². The predicted octanol–water partition coefficient (Wildman–Crippen LogP) is 3.03. The van der Waals surface area contributed by atoms with Gasteiger partial charge in [-0.2, -0.15) is 0 Å². The summed E-state index contributed by atoms with van der Waals surface area (Å²) < 4.78 is 1.70. The summed E-state index contributed by atoms with van der Waals surface area (Å²) in [6.07, 6.45) is 8.03. The van der Waals surface area contributed by atoms with Gasteiger partial charge in [0.25, 0.3) is 5.56 Å². The number of hydrogen-bond donors (Lipinski definition) is 1. The molecule has 2 atom stereocenters. The fraction of sp³-hybridized carbons (Fsp3) is 0.714. The third-order valence-corrected chi connectivity index (χ3v) is 4.25. The zero-order valence-electron chi connectivity index (χ0n) is 11.6. The van der Waals surface area contributed by atoms with Gasteiger partial charge in [-0.15, -0.1) is 11.6 Å². The second-order valence-corrected chi connectivity index (χ2v) is 5.84. The summed E-state index contributed by atoms with van der Waals surface area (Å²) in [4.78, 5) is 16.5. The zero-order valence-corrected chi connectivity index (χ0v) is 12.4. The number of nitrogens with zero attached hydrogens (tertiary/aromatic N) is 2. The van der Waals surface area contributed by atoms with Crippen molar-refractivity contribution in [2.24, 2.45) is 5.92 Å². The number of alkyl halides is 1. The molecule has 1 saturated carbocycles. The van der Waals surface area contributed by atoms with E-state index in [0.29, 0.717) is 17.6 Å². The largest absolute Gasteiger partial charge is 0.362 e. The average Bonchev–Trinajstić information content (AvgIpc) is 2.41. The first-order valence-corrected chi connectivity index (χ1v) is 7.56. The van der Waals surface area contributed by atoms with Crippen LogP contribution < -0.4 is 10.9 Å². The molecule has 1 fully saturated rings. The summed E-state index contributed by atoms with van der Waals surface area (Å²) in [6.45, 7) is 3.99. The maximum absolute atomic E-state index is 12.3. The van der Waals surface area contributed by atoms with Gasteiger partial charge in [0, 0.05) is 30.4 Å². The van der Waals surface area contributed by atoms with E-state index in [1.807, 2.05) is 13.8 Å². The van der Waals surface area contributed by atoms with Gasteiger partial charge in [-0.3, -0.25) is 4.79 Å². The van der Waals surface area contributed by atoms with Gasteiger partial charge in [-0.1, -0.05) is 12.8 Å². The molecule has 1 N–H and O–H groups in total. The topological polar surface area (TPSA) is 46.9 Å². The summed E-state index contributed by atoms with van der Waals surface area (Å²) >= 11 is 6.02. The van der Waals surface area contributed by atoms with Crippen molar-refractivity contribution >= 4 is 17.4 Å². The van der Waals surface area contributed by atoms with E-state index in [2.05, 4.69) is 10.3 Å². The first kappa shape index (κ1) is 14.4. The van der Waals surface area contributed by atoms with Crippen LogP contribution in [-0.2, 0) is 0 Å². The Morgan fingerprint density at radius 1 is 1.47 bits per heavy atom. The number of rotatable bonds is 4. The maximum atomic E-state index is 12.3. The normalized spacial score (nSPS) is 23.6. The number of anilines is 1. The maximum Gasteiger partial charge on any atom is 0.293 e. The van der Waals surface area contributed by atoms with E-state index in [4.69, 9.17) is 11.6 Å². The lowest BCUT2D eigenvalue weighted by Gasteiger charge is -2.31. The van der Waals surface area contributed by atoms with Crippen molar-refractivity contribution in [2.45, 2.75) is 51.6 Å². The molecule has 0 radical (unpaired) electrons. The van der Waals surface area contributed by atoms with Crippen LogP contribution in [0.25, 0.3) is 0 Å². The van der Waals surface area contributed by atoms with Gasteiger partial charge in [-0.25, -0.2) is 4.98 Å². The Morgan fingerprint density at radius 3 is 2.89 bits per heavy atom. The van der Waals surface area contributed by atoms with Gasteiger partial charge in [0.1, 0.15) is 0 Å². The van der Waals surface area contributed by atoms with Gasteiger partial charge in [0.05, 0.1) is 0 Å². The molecule has 2 unspecified atom stereocenters. The monoisotopic (exact) mass is 283 g/mol. The van der Waals surface area contributed by atoms with E-state index < -0.39 is 0 Å². The summed E-state index contributed by atoms with van der Waals surface area (Å²) in [6, 6.07) is 0.417. The fourth-order valence-electron chi connectivity index (χ4n) is 2.69. The van der Waals surface area contributed by atoms with E-state index in [-0.39, 0.29) is 17.6 Å². The van der Waals surface area contributed by atoms with Crippen LogP contribution in [0, 0.1) is 5.92 Å². The Morgan fingerprint density at radius 2 is 2.21 bits per heavy atom. The first-order chi connectivity index (χ1) is 9.13. The Bertz CT molecular complexity index is 472. The third-order valence-electron chi connectivity index (χ3n) is 3.85. The van der Waals surface area contributed by atoms with Crippen LogP contribution in [0.5, 0.6) is 0 Å². The Kier molecular flexibility index (Phi) is 4.86. The van der Waals surface area contributed by atoms with Crippen LogP contribution in [0.1, 0.15) is 45.6 Å².